The molecule has 2 aliphatic rings. The van der Waals surface area contributed by atoms with Gasteiger partial charge in [0.15, 0.2) is 0 Å². The zero-order valence-electron chi connectivity index (χ0n) is 15.0. The summed E-state index contributed by atoms with van der Waals surface area (Å²) in [6.07, 6.45) is 5.17. The molecule has 1 aromatic carbocycles. The average Bonchev–Trinajstić information content (AvgIpc) is 3.19. The lowest BCUT2D eigenvalue weighted by molar-refractivity contribution is -0.126. The fraction of sp³-hybridized carbons (Fsp3) is 0.600. The SMILES string of the molecule is O=C(NCCCN1CCCC1)C1CCN(C(=O)c2ccccc2)CC1. The molecule has 0 saturated carbocycles. The smallest absolute Gasteiger partial charge is 0.253 e. The minimum atomic E-state index is 0.0478. The Morgan fingerprint density at radius 1 is 1.00 bits per heavy atom. The molecule has 0 unspecified atom stereocenters. The van der Waals surface area contributed by atoms with E-state index in [0.29, 0.717) is 13.1 Å². The maximum Gasteiger partial charge on any atom is 0.253 e. The number of nitrogens with zero attached hydrogens (tertiary/aromatic N) is 2. The molecule has 1 N–H and O–H groups in total. The van der Waals surface area contributed by atoms with Crippen molar-refractivity contribution in [3.8, 4) is 0 Å². The number of carbonyl (C=O) groups is 2. The number of hydrogen-bond acceptors (Lipinski definition) is 3. The molecule has 0 aromatic heterocycles. The first kappa shape index (κ1) is 17.9. The molecular formula is C20H29N3O2. The highest BCUT2D eigenvalue weighted by atomic mass is 16.2. The lowest BCUT2D eigenvalue weighted by Crippen LogP contribution is -2.43. The van der Waals surface area contributed by atoms with Crippen LogP contribution >= 0.6 is 0 Å². The molecule has 2 aliphatic heterocycles. The Morgan fingerprint density at radius 3 is 2.36 bits per heavy atom. The van der Waals surface area contributed by atoms with Gasteiger partial charge in [-0.25, -0.2) is 0 Å². The predicted molar refractivity (Wildman–Crippen MR) is 98.4 cm³/mol. The van der Waals surface area contributed by atoms with Crippen LogP contribution in [0.15, 0.2) is 30.3 Å². The molecule has 2 amide bonds. The molecular weight excluding hydrogens is 314 g/mol. The molecule has 0 aliphatic carbocycles. The van der Waals surface area contributed by atoms with E-state index in [1.54, 1.807) is 0 Å². The number of benzene rings is 1. The van der Waals surface area contributed by atoms with Gasteiger partial charge < -0.3 is 15.1 Å². The van der Waals surface area contributed by atoms with E-state index in [4.69, 9.17) is 0 Å². The molecule has 2 fully saturated rings. The van der Waals surface area contributed by atoms with Crippen molar-refractivity contribution in [1.82, 2.24) is 15.1 Å². The second-order valence-electron chi connectivity index (χ2n) is 7.13. The molecule has 25 heavy (non-hydrogen) atoms. The van der Waals surface area contributed by atoms with Crippen molar-refractivity contribution in [1.29, 1.82) is 0 Å². The third-order valence-corrected chi connectivity index (χ3v) is 5.32. The highest BCUT2D eigenvalue weighted by Crippen LogP contribution is 2.19. The number of likely N-dealkylation sites (tertiary alicyclic amines) is 2. The Balaban J connectivity index is 1.35. The Morgan fingerprint density at radius 2 is 1.68 bits per heavy atom. The summed E-state index contributed by atoms with van der Waals surface area (Å²) in [5, 5.41) is 3.08. The van der Waals surface area contributed by atoms with Crippen LogP contribution in [0, 0.1) is 5.92 Å². The molecule has 3 rings (SSSR count). The van der Waals surface area contributed by atoms with Gasteiger partial charge in [0.25, 0.3) is 5.91 Å². The summed E-state index contributed by atoms with van der Waals surface area (Å²) >= 11 is 0. The van der Waals surface area contributed by atoms with Crippen LogP contribution in [0.1, 0.15) is 42.5 Å². The third kappa shape index (κ3) is 5.05. The van der Waals surface area contributed by atoms with Gasteiger partial charge in [-0.05, 0) is 63.9 Å². The Bertz CT molecular complexity index is 562. The van der Waals surface area contributed by atoms with Crippen molar-refractivity contribution in [3.05, 3.63) is 35.9 Å². The van der Waals surface area contributed by atoms with E-state index in [0.717, 1.165) is 37.9 Å². The van der Waals surface area contributed by atoms with E-state index in [9.17, 15) is 9.59 Å². The molecule has 0 spiro atoms. The van der Waals surface area contributed by atoms with Crippen LogP contribution in [-0.4, -0.2) is 60.9 Å². The number of nitrogens with one attached hydrogen (secondary N) is 1. The minimum absolute atomic E-state index is 0.0478. The lowest BCUT2D eigenvalue weighted by atomic mass is 9.95. The quantitative estimate of drug-likeness (QED) is 0.805. The first-order chi connectivity index (χ1) is 12.2. The van der Waals surface area contributed by atoms with Crippen LogP contribution in [0.4, 0.5) is 0 Å². The van der Waals surface area contributed by atoms with Crippen molar-refractivity contribution in [2.45, 2.75) is 32.1 Å². The van der Waals surface area contributed by atoms with Crippen molar-refractivity contribution in [3.63, 3.8) is 0 Å². The molecule has 2 heterocycles. The summed E-state index contributed by atoms with van der Waals surface area (Å²) in [5.41, 5.74) is 0.729. The van der Waals surface area contributed by atoms with Gasteiger partial charge in [-0.1, -0.05) is 18.2 Å². The lowest BCUT2D eigenvalue weighted by Gasteiger charge is -2.31. The van der Waals surface area contributed by atoms with Crippen LogP contribution in [0.2, 0.25) is 0 Å². The minimum Gasteiger partial charge on any atom is -0.356 e. The average molecular weight is 343 g/mol. The van der Waals surface area contributed by atoms with Gasteiger partial charge in [-0.3, -0.25) is 9.59 Å². The fourth-order valence-electron chi connectivity index (χ4n) is 3.77. The van der Waals surface area contributed by atoms with Gasteiger partial charge in [0.2, 0.25) is 5.91 Å². The topological polar surface area (TPSA) is 52.7 Å². The van der Waals surface area contributed by atoms with Crippen LogP contribution in [0.3, 0.4) is 0 Å². The Kier molecular flexibility index (Phi) is 6.45. The molecule has 5 nitrogen and oxygen atoms in total. The Labute approximate surface area is 150 Å². The van der Waals surface area contributed by atoms with Gasteiger partial charge in [0.05, 0.1) is 0 Å². The first-order valence-electron chi connectivity index (χ1n) is 9.58. The van der Waals surface area contributed by atoms with Gasteiger partial charge >= 0.3 is 0 Å². The zero-order chi connectivity index (χ0) is 17.5. The number of piperidine rings is 1. The summed E-state index contributed by atoms with van der Waals surface area (Å²) in [4.78, 5) is 29.1. The van der Waals surface area contributed by atoms with Crippen LogP contribution in [0.5, 0.6) is 0 Å². The van der Waals surface area contributed by atoms with E-state index in [1.807, 2.05) is 35.2 Å². The van der Waals surface area contributed by atoms with Crippen molar-refractivity contribution in [2.75, 3.05) is 39.3 Å². The zero-order valence-corrected chi connectivity index (χ0v) is 15.0. The molecule has 1 aromatic rings. The molecule has 5 heteroatoms. The van der Waals surface area contributed by atoms with E-state index < -0.39 is 0 Å². The summed E-state index contributed by atoms with van der Waals surface area (Å²) in [7, 11) is 0. The maximum absolute atomic E-state index is 12.4. The van der Waals surface area contributed by atoms with E-state index in [1.165, 1.54) is 25.9 Å². The van der Waals surface area contributed by atoms with Crippen LogP contribution < -0.4 is 5.32 Å². The number of rotatable bonds is 6. The number of carbonyl (C=O) groups excluding carboxylic acids is 2. The van der Waals surface area contributed by atoms with Gasteiger partial charge in [-0.2, -0.15) is 0 Å². The largest absolute Gasteiger partial charge is 0.356 e. The maximum atomic E-state index is 12.4. The predicted octanol–water partition coefficient (Wildman–Crippen LogP) is 2.14. The van der Waals surface area contributed by atoms with E-state index in [2.05, 4.69) is 10.2 Å². The highest BCUT2D eigenvalue weighted by molar-refractivity contribution is 5.94. The molecule has 0 bridgehead atoms. The molecule has 0 atom stereocenters. The normalized spacial score (nSPS) is 19.1. The monoisotopic (exact) mass is 343 g/mol. The summed E-state index contributed by atoms with van der Waals surface area (Å²) in [6, 6.07) is 9.38. The van der Waals surface area contributed by atoms with Gasteiger partial charge in [-0.15, -0.1) is 0 Å². The summed E-state index contributed by atoms with van der Waals surface area (Å²) in [6.45, 7) is 5.60. The highest BCUT2D eigenvalue weighted by Gasteiger charge is 2.27. The molecule has 0 radical (unpaired) electrons. The first-order valence-corrected chi connectivity index (χ1v) is 9.58. The summed E-state index contributed by atoms with van der Waals surface area (Å²) in [5.74, 6) is 0.282. The van der Waals surface area contributed by atoms with Gasteiger partial charge in [0.1, 0.15) is 0 Å². The second-order valence-corrected chi connectivity index (χ2v) is 7.13. The van der Waals surface area contributed by atoms with E-state index >= 15 is 0 Å². The van der Waals surface area contributed by atoms with Crippen molar-refractivity contribution >= 4 is 11.8 Å². The van der Waals surface area contributed by atoms with Crippen LogP contribution in [-0.2, 0) is 4.79 Å². The van der Waals surface area contributed by atoms with Crippen molar-refractivity contribution in [2.24, 2.45) is 5.92 Å². The van der Waals surface area contributed by atoms with Crippen molar-refractivity contribution < 1.29 is 9.59 Å². The Hall–Kier alpha value is -1.88. The third-order valence-electron chi connectivity index (χ3n) is 5.32. The van der Waals surface area contributed by atoms with E-state index in [-0.39, 0.29) is 17.7 Å². The summed E-state index contributed by atoms with van der Waals surface area (Å²) < 4.78 is 0. The number of amides is 2. The van der Waals surface area contributed by atoms with Gasteiger partial charge in [0, 0.05) is 31.1 Å². The second kappa shape index (κ2) is 8.99. The fourth-order valence-corrected chi connectivity index (χ4v) is 3.77. The molecule has 2 saturated heterocycles. The number of hydrogen-bond donors (Lipinski definition) is 1. The van der Waals surface area contributed by atoms with Crippen LogP contribution in [0.25, 0.3) is 0 Å². The molecule has 136 valence electrons. The standard InChI is InChI=1S/C20H29N3O2/c24-19(21-11-6-14-22-12-4-5-13-22)17-9-15-23(16-10-17)20(25)18-7-2-1-3-8-18/h1-3,7-8,17H,4-6,9-16H2,(H,21,24).